The van der Waals surface area contributed by atoms with Gasteiger partial charge in [0.15, 0.2) is 0 Å². The van der Waals surface area contributed by atoms with E-state index in [4.69, 9.17) is 5.11 Å². The smallest absolute Gasteiger partial charge is 0.309 e. The predicted octanol–water partition coefficient (Wildman–Crippen LogP) is 2.54. The lowest BCUT2D eigenvalue weighted by atomic mass is 10.0. The molecule has 0 aromatic rings. The van der Waals surface area contributed by atoms with Crippen molar-refractivity contribution in [3.8, 4) is 0 Å². The monoisotopic (exact) mass is 190 g/mol. The van der Waals surface area contributed by atoms with Crippen LogP contribution < -0.4 is 0 Å². The van der Waals surface area contributed by atoms with Crippen LogP contribution in [0.25, 0.3) is 0 Å². The first-order valence-corrected chi connectivity index (χ1v) is 4.91. The minimum Gasteiger partial charge on any atom is -0.481 e. The second-order valence-electron chi connectivity index (χ2n) is 4.21. The summed E-state index contributed by atoms with van der Waals surface area (Å²) in [4.78, 5) is 11.0. The van der Waals surface area contributed by atoms with Gasteiger partial charge in [-0.25, -0.2) is 0 Å². The van der Waals surface area contributed by atoms with Crippen molar-refractivity contribution in [3.05, 3.63) is 36.0 Å². The largest absolute Gasteiger partial charge is 0.481 e. The fraction of sp³-hybridized carbons (Fsp3) is 0.417. The second kappa shape index (κ2) is 3.12. The van der Waals surface area contributed by atoms with Gasteiger partial charge >= 0.3 is 5.97 Å². The first kappa shape index (κ1) is 9.25. The van der Waals surface area contributed by atoms with Crippen LogP contribution in [0.2, 0.25) is 0 Å². The van der Waals surface area contributed by atoms with E-state index >= 15 is 0 Å². The molecule has 0 bridgehead atoms. The second-order valence-corrected chi connectivity index (χ2v) is 4.21. The third kappa shape index (κ3) is 1.41. The van der Waals surface area contributed by atoms with Crippen LogP contribution in [0.3, 0.4) is 0 Å². The SMILES string of the molecule is CC1(C(=O)O)CC1C1=CC=CCC=C1. The average molecular weight is 190 g/mol. The molecule has 2 aliphatic rings. The Bertz CT molecular complexity index is 349. The Kier molecular flexibility index (Phi) is 2.06. The lowest BCUT2D eigenvalue weighted by molar-refractivity contribution is -0.143. The van der Waals surface area contributed by atoms with E-state index in [0.717, 1.165) is 18.4 Å². The van der Waals surface area contributed by atoms with Gasteiger partial charge in [0.1, 0.15) is 0 Å². The molecule has 0 heterocycles. The van der Waals surface area contributed by atoms with Crippen LogP contribution in [0.5, 0.6) is 0 Å². The van der Waals surface area contributed by atoms with Crippen LogP contribution >= 0.6 is 0 Å². The highest BCUT2D eigenvalue weighted by molar-refractivity contribution is 5.79. The van der Waals surface area contributed by atoms with Crippen LogP contribution in [0.4, 0.5) is 0 Å². The molecule has 1 fully saturated rings. The minimum absolute atomic E-state index is 0.207. The standard InChI is InChI=1S/C12H14O2/c1-12(11(13)14)8-10(12)9-6-4-2-3-5-7-9/h2,4-7,10H,3,8H2,1H3,(H,13,14). The number of carboxylic acids is 1. The van der Waals surface area contributed by atoms with E-state index < -0.39 is 11.4 Å². The molecule has 0 radical (unpaired) electrons. The van der Waals surface area contributed by atoms with E-state index in [2.05, 4.69) is 18.2 Å². The van der Waals surface area contributed by atoms with Gasteiger partial charge in [-0.2, -0.15) is 0 Å². The summed E-state index contributed by atoms with van der Waals surface area (Å²) in [5.41, 5.74) is 0.637. The van der Waals surface area contributed by atoms with E-state index in [1.165, 1.54) is 0 Å². The summed E-state index contributed by atoms with van der Waals surface area (Å²) in [6.07, 6.45) is 12.0. The highest BCUT2D eigenvalue weighted by Gasteiger charge is 2.57. The quantitative estimate of drug-likeness (QED) is 0.726. The molecule has 2 atom stereocenters. The molecule has 0 saturated heterocycles. The molecule has 2 unspecified atom stereocenters. The van der Waals surface area contributed by atoms with Gasteiger partial charge in [0.05, 0.1) is 5.41 Å². The van der Waals surface area contributed by atoms with Gasteiger partial charge in [0.25, 0.3) is 0 Å². The number of carbonyl (C=O) groups is 1. The topological polar surface area (TPSA) is 37.3 Å². The molecule has 0 aromatic heterocycles. The van der Waals surface area contributed by atoms with Crippen molar-refractivity contribution in [1.82, 2.24) is 0 Å². The highest BCUT2D eigenvalue weighted by atomic mass is 16.4. The molecule has 2 rings (SSSR count). The van der Waals surface area contributed by atoms with E-state index in [-0.39, 0.29) is 5.92 Å². The molecule has 0 spiro atoms. The number of carboxylic acid groups (broad SMARTS) is 1. The van der Waals surface area contributed by atoms with Crippen LogP contribution in [-0.4, -0.2) is 11.1 Å². The summed E-state index contributed by atoms with van der Waals surface area (Å²) in [6, 6.07) is 0. The Balaban J connectivity index is 2.16. The zero-order valence-electron chi connectivity index (χ0n) is 8.23. The molecule has 0 aromatic carbocycles. The third-order valence-corrected chi connectivity index (χ3v) is 3.14. The number of hydrogen-bond acceptors (Lipinski definition) is 1. The highest BCUT2D eigenvalue weighted by Crippen LogP contribution is 2.56. The van der Waals surface area contributed by atoms with E-state index in [1.807, 2.05) is 19.1 Å². The Labute approximate surface area is 83.6 Å². The summed E-state index contributed by atoms with van der Waals surface area (Å²) in [7, 11) is 0. The average Bonchev–Trinajstić information content (AvgIpc) is 2.85. The van der Waals surface area contributed by atoms with Crippen molar-refractivity contribution in [2.24, 2.45) is 11.3 Å². The first-order chi connectivity index (χ1) is 6.64. The van der Waals surface area contributed by atoms with Crippen molar-refractivity contribution in [2.45, 2.75) is 19.8 Å². The lowest BCUT2D eigenvalue weighted by Crippen LogP contribution is -2.13. The maximum atomic E-state index is 11.0. The van der Waals surface area contributed by atoms with Gasteiger partial charge in [-0.3, -0.25) is 4.79 Å². The van der Waals surface area contributed by atoms with Gasteiger partial charge in [-0.05, 0) is 25.3 Å². The van der Waals surface area contributed by atoms with Crippen molar-refractivity contribution in [3.63, 3.8) is 0 Å². The number of allylic oxidation sites excluding steroid dienone is 6. The van der Waals surface area contributed by atoms with Gasteiger partial charge < -0.3 is 5.11 Å². The summed E-state index contributed by atoms with van der Waals surface area (Å²) < 4.78 is 0. The Hall–Kier alpha value is -1.31. The van der Waals surface area contributed by atoms with Gasteiger partial charge in [0.2, 0.25) is 0 Å². The van der Waals surface area contributed by atoms with E-state index in [0.29, 0.717) is 0 Å². The molecule has 14 heavy (non-hydrogen) atoms. The van der Waals surface area contributed by atoms with Crippen LogP contribution in [-0.2, 0) is 4.79 Å². The van der Waals surface area contributed by atoms with Crippen LogP contribution in [0.15, 0.2) is 36.0 Å². The normalized spacial score (nSPS) is 34.9. The lowest BCUT2D eigenvalue weighted by Gasteiger charge is -2.04. The maximum absolute atomic E-state index is 11.0. The molecular weight excluding hydrogens is 176 g/mol. The Morgan fingerprint density at radius 1 is 1.57 bits per heavy atom. The van der Waals surface area contributed by atoms with Crippen LogP contribution in [0.1, 0.15) is 19.8 Å². The fourth-order valence-electron chi connectivity index (χ4n) is 1.92. The Morgan fingerprint density at radius 3 is 3.00 bits per heavy atom. The number of hydrogen-bond donors (Lipinski definition) is 1. The van der Waals surface area contributed by atoms with Gasteiger partial charge in [-0.15, -0.1) is 0 Å². The maximum Gasteiger partial charge on any atom is 0.309 e. The van der Waals surface area contributed by atoms with Crippen molar-refractivity contribution in [2.75, 3.05) is 0 Å². The predicted molar refractivity (Wildman–Crippen MR) is 54.8 cm³/mol. The number of aliphatic carboxylic acids is 1. The molecule has 2 nitrogen and oxygen atoms in total. The van der Waals surface area contributed by atoms with E-state index in [9.17, 15) is 4.79 Å². The zero-order chi connectivity index (χ0) is 10.2. The zero-order valence-corrected chi connectivity index (χ0v) is 8.23. The Morgan fingerprint density at radius 2 is 2.36 bits per heavy atom. The molecule has 2 heteroatoms. The summed E-state index contributed by atoms with van der Waals surface area (Å²) in [5, 5.41) is 9.01. The van der Waals surface area contributed by atoms with Crippen molar-refractivity contribution >= 4 is 5.97 Å². The summed E-state index contributed by atoms with van der Waals surface area (Å²) >= 11 is 0. The van der Waals surface area contributed by atoms with E-state index in [1.54, 1.807) is 0 Å². The van der Waals surface area contributed by atoms with Crippen molar-refractivity contribution in [1.29, 1.82) is 0 Å². The van der Waals surface area contributed by atoms with Crippen LogP contribution in [0, 0.1) is 11.3 Å². The molecule has 74 valence electrons. The third-order valence-electron chi connectivity index (χ3n) is 3.14. The molecular formula is C12H14O2. The molecule has 1 saturated carbocycles. The molecule has 1 N–H and O–H groups in total. The molecule has 0 amide bonds. The molecule has 0 aliphatic heterocycles. The minimum atomic E-state index is -0.676. The van der Waals surface area contributed by atoms with Gasteiger partial charge in [-0.1, -0.05) is 30.4 Å². The number of rotatable bonds is 2. The summed E-state index contributed by atoms with van der Waals surface area (Å²) in [5.74, 6) is -0.468. The fourth-order valence-corrected chi connectivity index (χ4v) is 1.92. The van der Waals surface area contributed by atoms with Gasteiger partial charge in [0, 0.05) is 5.92 Å². The molecule has 2 aliphatic carbocycles. The van der Waals surface area contributed by atoms with Crippen molar-refractivity contribution < 1.29 is 9.90 Å². The first-order valence-electron chi connectivity index (χ1n) is 4.91. The summed E-state index contributed by atoms with van der Waals surface area (Å²) in [6.45, 7) is 1.82.